The highest BCUT2D eigenvalue weighted by Crippen LogP contribution is 2.36. The Morgan fingerprint density at radius 2 is 2.23 bits per heavy atom. The topological polar surface area (TPSA) is 91.3 Å². The zero-order valence-electron chi connectivity index (χ0n) is 11.7. The molecular weight excluding hydrogens is 302 g/mol. The largest absolute Gasteiger partial charge is 0.504 e. The molecule has 6 nitrogen and oxygen atoms in total. The molecule has 2 amide bonds. The summed E-state index contributed by atoms with van der Waals surface area (Å²) in [6.07, 6.45) is 1.47. The molecule has 1 atom stereocenters. The minimum absolute atomic E-state index is 0.0857. The third kappa shape index (κ3) is 2.75. The Hall–Kier alpha value is -2.54. The lowest BCUT2D eigenvalue weighted by Gasteiger charge is -2.21. The first-order valence-electron chi connectivity index (χ1n) is 6.61. The Kier molecular flexibility index (Phi) is 3.72. The van der Waals surface area contributed by atoms with Gasteiger partial charge in [0.05, 0.1) is 10.9 Å². The third-order valence-corrected chi connectivity index (χ3v) is 4.37. The van der Waals surface area contributed by atoms with E-state index in [2.05, 4.69) is 15.6 Å². The summed E-state index contributed by atoms with van der Waals surface area (Å²) in [6, 6.07) is 8.08. The number of benzene rings is 1. The number of carbonyl (C=O) groups is 2. The van der Waals surface area contributed by atoms with Gasteiger partial charge in [0.15, 0.2) is 11.6 Å². The first kappa shape index (κ1) is 14.4. The van der Waals surface area contributed by atoms with Gasteiger partial charge < -0.3 is 15.7 Å². The summed E-state index contributed by atoms with van der Waals surface area (Å²) in [5.74, 6) is -0.504. The number of thioether (sulfide) groups is 1. The Labute approximate surface area is 131 Å². The molecule has 0 unspecified atom stereocenters. The fourth-order valence-corrected chi connectivity index (χ4v) is 2.95. The second kappa shape index (κ2) is 5.69. The second-order valence-electron chi connectivity index (χ2n) is 4.79. The molecule has 22 heavy (non-hydrogen) atoms. The molecule has 2 aromatic rings. The maximum Gasteiger partial charge on any atom is 0.256 e. The number of hydrogen-bond donors (Lipinski definition) is 3. The van der Waals surface area contributed by atoms with Crippen molar-refractivity contribution in [3.05, 3.63) is 42.1 Å². The lowest BCUT2D eigenvalue weighted by molar-refractivity contribution is -0.115. The van der Waals surface area contributed by atoms with Gasteiger partial charge in [0.25, 0.3) is 5.91 Å². The molecule has 0 fully saturated rings. The summed E-state index contributed by atoms with van der Waals surface area (Å²) in [7, 11) is 0. The van der Waals surface area contributed by atoms with E-state index in [-0.39, 0.29) is 22.7 Å². The van der Waals surface area contributed by atoms with Crippen molar-refractivity contribution < 1.29 is 14.7 Å². The summed E-state index contributed by atoms with van der Waals surface area (Å²) in [5.41, 5.74) is 0.991. The molecule has 2 heterocycles. The third-order valence-electron chi connectivity index (χ3n) is 3.19. The molecule has 0 saturated heterocycles. The van der Waals surface area contributed by atoms with Crippen LogP contribution in [0.2, 0.25) is 0 Å². The van der Waals surface area contributed by atoms with Crippen LogP contribution >= 0.6 is 11.8 Å². The molecule has 3 rings (SSSR count). The van der Waals surface area contributed by atoms with Crippen LogP contribution in [0.15, 0.2) is 41.4 Å². The Balaban J connectivity index is 1.84. The quantitative estimate of drug-likeness (QED) is 0.792. The number of carbonyl (C=O) groups excluding carboxylic acids is 2. The summed E-state index contributed by atoms with van der Waals surface area (Å²) >= 11 is 1.45. The van der Waals surface area contributed by atoms with E-state index >= 15 is 0 Å². The molecular formula is C15H13N3O3S. The van der Waals surface area contributed by atoms with Gasteiger partial charge >= 0.3 is 0 Å². The van der Waals surface area contributed by atoms with E-state index in [4.69, 9.17) is 0 Å². The fourth-order valence-electron chi connectivity index (χ4n) is 2.02. The average molecular weight is 315 g/mol. The Morgan fingerprint density at radius 3 is 3.00 bits per heavy atom. The minimum Gasteiger partial charge on any atom is -0.504 e. The first-order chi connectivity index (χ1) is 10.5. The zero-order valence-corrected chi connectivity index (χ0v) is 12.5. The molecule has 0 bridgehead atoms. The van der Waals surface area contributed by atoms with Crippen molar-refractivity contribution in [1.29, 1.82) is 0 Å². The van der Waals surface area contributed by atoms with Crippen LogP contribution in [0.5, 0.6) is 5.75 Å². The number of nitrogens with zero attached hydrogens (tertiary/aromatic N) is 1. The van der Waals surface area contributed by atoms with E-state index in [1.54, 1.807) is 24.3 Å². The van der Waals surface area contributed by atoms with Crippen molar-refractivity contribution in [2.75, 3.05) is 10.6 Å². The molecule has 1 aliphatic heterocycles. The van der Waals surface area contributed by atoms with Crippen LogP contribution in [-0.2, 0) is 4.79 Å². The maximum absolute atomic E-state index is 12.2. The van der Waals surface area contributed by atoms with Gasteiger partial charge in [-0.3, -0.25) is 9.59 Å². The summed E-state index contributed by atoms with van der Waals surface area (Å²) < 4.78 is 0. The lowest BCUT2D eigenvalue weighted by atomic mass is 10.1. The summed E-state index contributed by atoms with van der Waals surface area (Å²) in [6.45, 7) is 1.83. The molecule has 3 N–H and O–H groups in total. The Bertz CT molecular complexity index is 763. The zero-order chi connectivity index (χ0) is 15.7. The van der Waals surface area contributed by atoms with Gasteiger partial charge in [0.2, 0.25) is 5.91 Å². The molecule has 0 radical (unpaired) electrons. The van der Waals surface area contributed by atoms with Crippen LogP contribution in [0, 0.1) is 0 Å². The van der Waals surface area contributed by atoms with Crippen molar-refractivity contribution >= 4 is 35.1 Å². The number of aromatic nitrogens is 1. The van der Waals surface area contributed by atoms with Gasteiger partial charge in [-0.05, 0) is 37.3 Å². The van der Waals surface area contributed by atoms with E-state index in [1.807, 2.05) is 6.92 Å². The van der Waals surface area contributed by atoms with Gasteiger partial charge in [0, 0.05) is 16.7 Å². The van der Waals surface area contributed by atoms with Gasteiger partial charge in [-0.1, -0.05) is 0 Å². The van der Waals surface area contributed by atoms with E-state index < -0.39 is 5.91 Å². The van der Waals surface area contributed by atoms with E-state index in [1.165, 1.54) is 24.0 Å². The molecule has 0 spiro atoms. The van der Waals surface area contributed by atoms with Gasteiger partial charge in [-0.25, -0.2) is 4.98 Å². The number of rotatable bonds is 2. The Morgan fingerprint density at radius 1 is 1.41 bits per heavy atom. The average Bonchev–Trinajstić information content (AvgIpc) is 2.50. The molecule has 0 aliphatic carbocycles. The van der Waals surface area contributed by atoms with E-state index in [0.717, 1.165) is 4.90 Å². The molecule has 1 aromatic heterocycles. The normalized spacial score (nSPS) is 16.6. The molecule has 112 valence electrons. The number of amides is 2. The summed E-state index contributed by atoms with van der Waals surface area (Å²) in [5, 5.41) is 14.8. The molecule has 0 saturated carbocycles. The monoisotopic (exact) mass is 315 g/mol. The predicted molar refractivity (Wildman–Crippen MR) is 84.2 cm³/mol. The SMILES string of the molecule is C[C@@H]1Sc2ccc(C(=O)Nc3ncccc3O)cc2NC1=O. The number of fused-ring (bicyclic) bond motifs is 1. The van der Waals surface area contributed by atoms with Crippen molar-refractivity contribution in [3.63, 3.8) is 0 Å². The number of aromatic hydroxyl groups is 1. The van der Waals surface area contributed by atoms with Crippen LogP contribution < -0.4 is 10.6 Å². The van der Waals surface area contributed by atoms with Crippen LogP contribution in [0.3, 0.4) is 0 Å². The molecule has 1 aromatic carbocycles. The minimum atomic E-state index is -0.408. The maximum atomic E-state index is 12.2. The van der Waals surface area contributed by atoms with Crippen molar-refractivity contribution in [3.8, 4) is 5.75 Å². The standard InChI is InChI=1S/C15H13N3O3S/c1-8-14(20)17-10-7-9(4-5-12(10)22-8)15(21)18-13-11(19)3-2-6-16-13/h2-8,19H,1H3,(H,17,20)(H,16,18,21)/t8-/m0/s1. The fraction of sp³-hybridized carbons (Fsp3) is 0.133. The molecule has 7 heteroatoms. The van der Waals surface area contributed by atoms with Crippen molar-refractivity contribution in [2.24, 2.45) is 0 Å². The smallest absolute Gasteiger partial charge is 0.256 e. The molecule has 1 aliphatic rings. The number of nitrogens with one attached hydrogen (secondary N) is 2. The van der Waals surface area contributed by atoms with Gasteiger partial charge in [-0.2, -0.15) is 0 Å². The van der Waals surface area contributed by atoms with Crippen LogP contribution in [0.4, 0.5) is 11.5 Å². The van der Waals surface area contributed by atoms with Gasteiger partial charge in [-0.15, -0.1) is 11.8 Å². The van der Waals surface area contributed by atoms with Crippen LogP contribution in [-0.4, -0.2) is 27.2 Å². The predicted octanol–water partition coefficient (Wildman–Crippen LogP) is 2.47. The van der Waals surface area contributed by atoms with E-state index in [0.29, 0.717) is 11.3 Å². The second-order valence-corrected chi connectivity index (χ2v) is 6.17. The first-order valence-corrected chi connectivity index (χ1v) is 7.49. The van der Waals surface area contributed by atoms with Crippen molar-refractivity contribution in [1.82, 2.24) is 4.98 Å². The summed E-state index contributed by atoms with van der Waals surface area (Å²) in [4.78, 5) is 28.7. The number of hydrogen-bond acceptors (Lipinski definition) is 5. The van der Waals surface area contributed by atoms with Crippen molar-refractivity contribution in [2.45, 2.75) is 17.1 Å². The van der Waals surface area contributed by atoms with Crippen LogP contribution in [0.25, 0.3) is 0 Å². The highest BCUT2D eigenvalue weighted by atomic mass is 32.2. The number of anilines is 2. The highest BCUT2D eigenvalue weighted by molar-refractivity contribution is 8.00. The van der Waals surface area contributed by atoms with Crippen LogP contribution in [0.1, 0.15) is 17.3 Å². The lowest BCUT2D eigenvalue weighted by Crippen LogP contribution is -2.26. The van der Waals surface area contributed by atoms with Gasteiger partial charge in [0.1, 0.15) is 0 Å². The number of pyridine rings is 1. The highest BCUT2D eigenvalue weighted by Gasteiger charge is 2.23. The van der Waals surface area contributed by atoms with E-state index in [9.17, 15) is 14.7 Å².